The van der Waals surface area contributed by atoms with Crippen molar-refractivity contribution in [3.8, 4) is 0 Å². The maximum absolute atomic E-state index is 12.1. The Kier molecular flexibility index (Phi) is 3.66. The number of pyridine rings is 1. The fourth-order valence-electron chi connectivity index (χ4n) is 1.63. The van der Waals surface area contributed by atoms with Crippen LogP contribution < -0.4 is 4.72 Å². The predicted molar refractivity (Wildman–Crippen MR) is 69.1 cm³/mol. The number of benzene rings is 1. The second kappa shape index (κ2) is 5.23. The van der Waals surface area contributed by atoms with Crippen LogP contribution in [0.1, 0.15) is 6.92 Å². The number of amides is 1. The Bertz CT molecular complexity index is 707. The molecule has 0 atom stereocenters. The average Bonchev–Trinajstić information content (AvgIpc) is 2.37. The lowest BCUT2D eigenvalue weighted by molar-refractivity contribution is 0.158. The zero-order chi connectivity index (χ0) is 13.9. The Balaban J connectivity index is 2.46. The van der Waals surface area contributed by atoms with Crippen LogP contribution >= 0.6 is 0 Å². The van der Waals surface area contributed by atoms with Gasteiger partial charge < -0.3 is 4.74 Å². The van der Waals surface area contributed by atoms with E-state index in [0.29, 0.717) is 10.9 Å². The second-order valence-electron chi connectivity index (χ2n) is 3.65. The summed E-state index contributed by atoms with van der Waals surface area (Å²) in [5.41, 5.74) is 0.536. The van der Waals surface area contributed by atoms with E-state index in [4.69, 9.17) is 0 Å². The van der Waals surface area contributed by atoms with Gasteiger partial charge in [-0.25, -0.2) is 17.9 Å². The van der Waals surface area contributed by atoms with Gasteiger partial charge in [-0.05, 0) is 31.2 Å². The quantitative estimate of drug-likeness (QED) is 0.924. The Hall–Kier alpha value is -2.15. The van der Waals surface area contributed by atoms with Crippen molar-refractivity contribution in [2.75, 3.05) is 6.61 Å². The highest BCUT2D eigenvalue weighted by Crippen LogP contribution is 2.20. The smallest absolute Gasteiger partial charge is 0.421 e. The minimum Gasteiger partial charge on any atom is -0.449 e. The largest absolute Gasteiger partial charge is 0.449 e. The van der Waals surface area contributed by atoms with Crippen molar-refractivity contribution in [2.24, 2.45) is 0 Å². The molecule has 0 aliphatic carbocycles. The molecule has 0 aliphatic heterocycles. The summed E-state index contributed by atoms with van der Waals surface area (Å²) in [4.78, 5) is 15.3. The summed E-state index contributed by atoms with van der Waals surface area (Å²) in [6.07, 6.45) is 0.570. The molecule has 0 spiro atoms. The van der Waals surface area contributed by atoms with Crippen LogP contribution in [0.2, 0.25) is 0 Å². The minimum absolute atomic E-state index is 0.00819. The zero-order valence-electron chi connectivity index (χ0n) is 10.2. The molecule has 0 saturated heterocycles. The van der Waals surface area contributed by atoms with Gasteiger partial charge in [0, 0.05) is 11.6 Å². The van der Waals surface area contributed by atoms with Gasteiger partial charge in [-0.3, -0.25) is 4.98 Å². The summed E-state index contributed by atoms with van der Waals surface area (Å²) in [5.74, 6) is 0. The third kappa shape index (κ3) is 2.82. The molecule has 1 aromatic heterocycles. The van der Waals surface area contributed by atoms with Crippen LogP contribution in [0.4, 0.5) is 4.79 Å². The maximum atomic E-state index is 12.1. The molecule has 2 rings (SSSR count). The minimum atomic E-state index is -3.97. The summed E-state index contributed by atoms with van der Waals surface area (Å²) in [6.45, 7) is 1.69. The first kappa shape index (κ1) is 13.3. The van der Waals surface area contributed by atoms with E-state index >= 15 is 0 Å². The number of ether oxygens (including phenoxy) is 1. The number of carbonyl (C=O) groups excluding carboxylic acids is 1. The average molecular weight is 280 g/mol. The Morgan fingerprint density at radius 1 is 1.32 bits per heavy atom. The zero-order valence-corrected chi connectivity index (χ0v) is 11.0. The molecule has 0 saturated carbocycles. The van der Waals surface area contributed by atoms with Crippen LogP contribution in [0, 0.1) is 0 Å². The maximum Gasteiger partial charge on any atom is 0.421 e. The monoisotopic (exact) mass is 280 g/mol. The van der Waals surface area contributed by atoms with Crippen LogP contribution in [0.15, 0.2) is 41.4 Å². The molecule has 1 heterocycles. The molecule has 0 fully saturated rings. The van der Waals surface area contributed by atoms with Gasteiger partial charge in [0.25, 0.3) is 10.0 Å². The normalized spacial score (nSPS) is 11.2. The molecular formula is C12H12N2O4S. The lowest BCUT2D eigenvalue weighted by atomic mass is 10.2. The summed E-state index contributed by atoms with van der Waals surface area (Å²) in [6, 6.07) is 7.92. The van der Waals surface area contributed by atoms with Crippen molar-refractivity contribution >= 4 is 27.0 Å². The Labute approximate surface area is 110 Å². The molecule has 100 valence electrons. The molecule has 0 radical (unpaired) electrons. The highest BCUT2D eigenvalue weighted by molar-refractivity contribution is 7.90. The lowest BCUT2D eigenvalue weighted by Gasteiger charge is -2.08. The first-order valence-corrected chi connectivity index (χ1v) is 7.06. The number of aromatic nitrogens is 1. The number of hydrogen-bond donors (Lipinski definition) is 1. The van der Waals surface area contributed by atoms with Crippen molar-refractivity contribution in [2.45, 2.75) is 11.8 Å². The fourth-order valence-corrected chi connectivity index (χ4v) is 2.74. The van der Waals surface area contributed by atoms with E-state index in [1.807, 2.05) is 4.72 Å². The van der Waals surface area contributed by atoms with E-state index < -0.39 is 16.1 Å². The lowest BCUT2D eigenvalue weighted by Crippen LogP contribution is -2.31. The standard InChI is InChI=1S/C12H12N2O4S/c1-2-18-12(15)14-19(16,17)11-7-3-6-10-9(11)5-4-8-13-10/h3-8H,2H2,1H3,(H,14,15). The number of rotatable bonds is 3. The number of hydrogen-bond acceptors (Lipinski definition) is 5. The van der Waals surface area contributed by atoms with E-state index in [1.165, 1.54) is 6.07 Å². The van der Waals surface area contributed by atoms with Gasteiger partial charge in [0.1, 0.15) is 0 Å². The van der Waals surface area contributed by atoms with E-state index in [1.54, 1.807) is 37.4 Å². The molecule has 7 heteroatoms. The third-order valence-electron chi connectivity index (χ3n) is 2.39. The van der Waals surface area contributed by atoms with Crippen molar-refractivity contribution in [1.82, 2.24) is 9.71 Å². The summed E-state index contributed by atoms with van der Waals surface area (Å²) >= 11 is 0. The molecular weight excluding hydrogens is 268 g/mol. The van der Waals surface area contributed by atoms with E-state index in [2.05, 4.69) is 9.72 Å². The summed E-state index contributed by atoms with van der Waals surface area (Å²) in [7, 11) is -3.97. The van der Waals surface area contributed by atoms with E-state index in [9.17, 15) is 13.2 Å². The van der Waals surface area contributed by atoms with E-state index in [0.717, 1.165) is 0 Å². The van der Waals surface area contributed by atoms with Gasteiger partial charge in [0.15, 0.2) is 0 Å². The number of nitrogens with one attached hydrogen (secondary N) is 1. The molecule has 2 aromatic rings. The summed E-state index contributed by atoms with van der Waals surface area (Å²) < 4.78 is 30.6. The Morgan fingerprint density at radius 3 is 2.84 bits per heavy atom. The number of carbonyl (C=O) groups is 1. The first-order valence-electron chi connectivity index (χ1n) is 5.58. The second-order valence-corrected chi connectivity index (χ2v) is 5.30. The number of nitrogens with zero attached hydrogens (tertiary/aromatic N) is 1. The van der Waals surface area contributed by atoms with Crippen LogP contribution in [-0.4, -0.2) is 26.1 Å². The predicted octanol–water partition coefficient (Wildman–Crippen LogP) is 1.67. The van der Waals surface area contributed by atoms with Crippen molar-refractivity contribution < 1.29 is 17.9 Å². The molecule has 0 bridgehead atoms. The molecule has 1 amide bonds. The highest BCUT2D eigenvalue weighted by Gasteiger charge is 2.20. The van der Waals surface area contributed by atoms with Crippen LogP contribution in [0.5, 0.6) is 0 Å². The van der Waals surface area contributed by atoms with Crippen molar-refractivity contribution in [3.05, 3.63) is 36.5 Å². The van der Waals surface area contributed by atoms with E-state index in [-0.39, 0.29) is 11.5 Å². The molecule has 1 N–H and O–H groups in total. The van der Waals surface area contributed by atoms with Gasteiger partial charge in [0.2, 0.25) is 0 Å². The molecule has 0 unspecified atom stereocenters. The molecule has 6 nitrogen and oxygen atoms in total. The fraction of sp³-hybridized carbons (Fsp3) is 0.167. The van der Waals surface area contributed by atoms with Crippen LogP contribution in [0.25, 0.3) is 10.9 Å². The van der Waals surface area contributed by atoms with Gasteiger partial charge >= 0.3 is 6.09 Å². The van der Waals surface area contributed by atoms with Crippen molar-refractivity contribution in [1.29, 1.82) is 0 Å². The van der Waals surface area contributed by atoms with Gasteiger partial charge in [0.05, 0.1) is 17.0 Å². The first-order chi connectivity index (χ1) is 9.04. The Morgan fingerprint density at radius 2 is 2.11 bits per heavy atom. The number of sulfonamides is 1. The number of fused-ring (bicyclic) bond motifs is 1. The highest BCUT2D eigenvalue weighted by atomic mass is 32.2. The van der Waals surface area contributed by atoms with Gasteiger partial charge in [-0.15, -0.1) is 0 Å². The molecule has 0 aliphatic rings. The SMILES string of the molecule is CCOC(=O)NS(=O)(=O)c1cccc2ncccc12. The third-order valence-corrected chi connectivity index (χ3v) is 3.76. The van der Waals surface area contributed by atoms with Crippen LogP contribution in [0.3, 0.4) is 0 Å². The van der Waals surface area contributed by atoms with Crippen molar-refractivity contribution in [3.63, 3.8) is 0 Å². The van der Waals surface area contributed by atoms with Gasteiger partial charge in [-0.2, -0.15) is 0 Å². The topological polar surface area (TPSA) is 85.4 Å². The van der Waals surface area contributed by atoms with Gasteiger partial charge in [-0.1, -0.05) is 6.07 Å². The molecule has 19 heavy (non-hydrogen) atoms. The van der Waals surface area contributed by atoms with Crippen LogP contribution in [-0.2, 0) is 14.8 Å². The summed E-state index contributed by atoms with van der Waals surface area (Å²) in [5, 5.41) is 0.446. The molecule has 1 aromatic carbocycles.